The Hall–Kier alpha value is -1.55. The number of aliphatic hydroxyl groups is 11. The van der Waals surface area contributed by atoms with E-state index >= 15 is 0 Å². The average molecular weight is 1050 g/mol. The second-order valence-electron chi connectivity index (χ2n) is 25.4. The largest absolute Gasteiger partial charge is 0.481 e. The van der Waals surface area contributed by atoms with Crippen molar-refractivity contribution in [3.63, 3.8) is 0 Å². The van der Waals surface area contributed by atoms with Gasteiger partial charge < -0.3 is 99.2 Å². The van der Waals surface area contributed by atoms with E-state index in [1.807, 2.05) is 0 Å². The molecule has 4 aliphatic heterocycles. The van der Waals surface area contributed by atoms with Crippen LogP contribution in [0.25, 0.3) is 0 Å². The smallest absolute Gasteiger partial charge is 0.310 e. The zero-order chi connectivity index (χ0) is 53.1. The summed E-state index contributed by atoms with van der Waals surface area (Å²) in [5.41, 5.74) is -0.395. The molecule has 418 valence electrons. The van der Waals surface area contributed by atoms with E-state index in [-0.39, 0.29) is 39.4 Å². The lowest BCUT2D eigenvalue weighted by atomic mass is 9.33. The number of carbonyl (C=O) groups is 1. The third-order valence-electron chi connectivity index (χ3n) is 20.7. The lowest BCUT2D eigenvalue weighted by molar-refractivity contribution is -0.384. The third kappa shape index (κ3) is 9.29. The number of carboxylic acids is 1. The van der Waals surface area contributed by atoms with Crippen molar-refractivity contribution < 1.29 is 104 Å². The van der Waals surface area contributed by atoms with Crippen LogP contribution in [0.15, 0.2) is 11.6 Å². The van der Waals surface area contributed by atoms with Crippen LogP contribution in [0.3, 0.4) is 0 Å². The van der Waals surface area contributed by atoms with Crippen molar-refractivity contribution in [2.75, 3.05) is 26.4 Å². The van der Waals surface area contributed by atoms with Gasteiger partial charge in [-0.3, -0.25) is 4.79 Å². The first-order valence-corrected chi connectivity index (χ1v) is 26.6. The Morgan fingerprint density at radius 1 is 0.616 bits per heavy atom. The number of hydrogen-bond acceptors (Lipinski definition) is 20. The number of hydrogen-bond donors (Lipinski definition) is 12. The summed E-state index contributed by atoms with van der Waals surface area (Å²) in [5.74, 6) is -0.301. The number of ether oxygens (including phenoxy) is 8. The molecule has 4 saturated heterocycles. The van der Waals surface area contributed by atoms with E-state index < -0.39 is 160 Å². The van der Waals surface area contributed by atoms with Gasteiger partial charge in [0.1, 0.15) is 85.5 Å². The highest BCUT2D eigenvalue weighted by molar-refractivity contribution is 5.76. The summed E-state index contributed by atoms with van der Waals surface area (Å²) in [4.78, 5) is 13.2. The molecule has 21 nitrogen and oxygen atoms in total. The number of fused-ring (bicyclic) bond motifs is 7. The van der Waals surface area contributed by atoms with Crippen LogP contribution in [0.1, 0.15) is 113 Å². The normalized spacial score (nSPS) is 53.7. The topological polar surface area (TPSA) is 334 Å². The average Bonchev–Trinajstić information content (AvgIpc) is 3.33. The Balaban J connectivity index is 0.965. The molecule has 26 atom stereocenters. The van der Waals surface area contributed by atoms with Gasteiger partial charge in [-0.1, -0.05) is 60.1 Å². The van der Waals surface area contributed by atoms with E-state index in [9.17, 15) is 66.1 Å². The monoisotopic (exact) mass is 1040 g/mol. The molecule has 21 heteroatoms. The molecule has 0 aromatic carbocycles. The molecule has 0 bridgehead atoms. The maximum Gasteiger partial charge on any atom is 0.310 e. The first kappa shape index (κ1) is 56.2. The summed E-state index contributed by atoms with van der Waals surface area (Å²) in [6.07, 6.45) is -19.5. The van der Waals surface area contributed by atoms with Crippen molar-refractivity contribution >= 4 is 5.97 Å². The summed E-state index contributed by atoms with van der Waals surface area (Å²) in [7, 11) is 0. The fraction of sp³-hybridized carbons (Fsp3) is 0.942. The Bertz CT molecular complexity index is 2010. The molecule has 4 heterocycles. The summed E-state index contributed by atoms with van der Waals surface area (Å²) in [5, 5.41) is 129. The SMILES string of the molecule is CC1(C)CC[C@]2(C(=O)O)CC[C@]3(C)C(=CC[C@@H]4[C@@]5(C)CC[C@H](O[C@@H]6O[C@H](CO[C@@H]7OC[C@H](O)[C@H](O)[C@H]7O[C@@H]7OC[C@H](O)[C@H](O)[C@H]7O)[C@@H](O)[C@H](O)[C@H]6O[C@@H]6O[C@H](CO)[C@@H](O)[C@H](O)[C@H]6O)C(C)(C)[C@@H]5CC[C@]43C)[C@@H]2C1. The highest BCUT2D eigenvalue weighted by Gasteiger charge is 2.70. The van der Waals surface area contributed by atoms with Crippen molar-refractivity contribution in [3.05, 3.63) is 11.6 Å². The van der Waals surface area contributed by atoms with Crippen LogP contribution in [0, 0.1) is 50.2 Å². The number of allylic oxidation sites excluding steroid dienone is 2. The molecule has 0 aromatic heterocycles. The van der Waals surface area contributed by atoms with Gasteiger partial charge in [0.15, 0.2) is 25.2 Å². The van der Waals surface area contributed by atoms with Crippen LogP contribution in [0.5, 0.6) is 0 Å². The molecule has 0 radical (unpaired) electrons. The van der Waals surface area contributed by atoms with E-state index in [4.69, 9.17) is 37.9 Å². The van der Waals surface area contributed by atoms with Gasteiger partial charge in [-0.2, -0.15) is 0 Å². The highest BCUT2D eigenvalue weighted by Crippen LogP contribution is 2.76. The van der Waals surface area contributed by atoms with Gasteiger partial charge in [-0.15, -0.1) is 0 Å². The van der Waals surface area contributed by atoms with E-state index in [2.05, 4.69) is 54.5 Å². The molecule has 0 aromatic rings. The van der Waals surface area contributed by atoms with Crippen LogP contribution in [-0.4, -0.2) is 210 Å². The van der Waals surface area contributed by atoms with Gasteiger partial charge in [0.25, 0.3) is 0 Å². The van der Waals surface area contributed by atoms with Crippen LogP contribution < -0.4 is 0 Å². The molecule has 4 saturated carbocycles. The van der Waals surface area contributed by atoms with Crippen LogP contribution >= 0.6 is 0 Å². The van der Waals surface area contributed by atoms with Crippen molar-refractivity contribution in [1.29, 1.82) is 0 Å². The summed E-state index contributed by atoms with van der Waals surface area (Å²) < 4.78 is 48.2. The first-order chi connectivity index (χ1) is 34.2. The van der Waals surface area contributed by atoms with E-state index in [0.29, 0.717) is 19.3 Å². The second kappa shape index (κ2) is 20.3. The number of carboxylic acid groups (broad SMARTS) is 1. The molecule has 0 spiro atoms. The lowest BCUT2D eigenvalue weighted by Crippen LogP contribution is -2.67. The maximum absolute atomic E-state index is 13.2. The number of rotatable bonds is 11. The van der Waals surface area contributed by atoms with Gasteiger partial charge >= 0.3 is 5.97 Å². The first-order valence-electron chi connectivity index (χ1n) is 26.6. The Labute approximate surface area is 426 Å². The molecule has 0 unspecified atom stereocenters. The van der Waals surface area contributed by atoms with Crippen molar-refractivity contribution in [2.24, 2.45) is 50.2 Å². The summed E-state index contributed by atoms with van der Waals surface area (Å²) in [6.45, 7) is 14.0. The number of aliphatic carboxylic acids is 1. The third-order valence-corrected chi connectivity index (χ3v) is 20.7. The van der Waals surface area contributed by atoms with Gasteiger partial charge in [0, 0.05) is 0 Å². The zero-order valence-electron chi connectivity index (χ0n) is 43.2. The minimum absolute atomic E-state index is 0.0198. The molecule has 9 aliphatic rings. The van der Waals surface area contributed by atoms with Gasteiger partial charge in [-0.05, 0) is 109 Å². The molecule has 8 fully saturated rings. The fourth-order valence-electron chi connectivity index (χ4n) is 15.9. The molecule has 12 N–H and O–H groups in total. The molecular formula is C52H84O21. The van der Waals surface area contributed by atoms with E-state index in [0.717, 1.165) is 44.9 Å². The summed E-state index contributed by atoms with van der Waals surface area (Å²) >= 11 is 0. The molecular weight excluding hydrogens is 961 g/mol. The van der Waals surface area contributed by atoms with E-state index in [1.54, 1.807) is 0 Å². The van der Waals surface area contributed by atoms with Crippen molar-refractivity contribution in [3.8, 4) is 0 Å². The maximum atomic E-state index is 13.2. The van der Waals surface area contributed by atoms with E-state index in [1.165, 1.54) is 5.57 Å². The van der Waals surface area contributed by atoms with Gasteiger partial charge in [-0.25, -0.2) is 0 Å². The molecule has 0 amide bonds. The van der Waals surface area contributed by atoms with Crippen LogP contribution in [-0.2, 0) is 42.7 Å². The minimum Gasteiger partial charge on any atom is -0.481 e. The van der Waals surface area contributed by atoms with Crippen LogP contribution in [0.2, 0.25) is 0 Å². The Morgan fingerprint density at radius 3 is 1.90 bits per heavy atom. The number of aliphatic hydroxyl groups excluding tert-OH is 11. The standard InChI is InChI=1S/C52H84O21/c1-47(2)14-16-52(46(64)65)17-15-50(6)23(24(52)18-47)8-9-30-49(5)12-11-31(48(3,4)29(49)10-13-51(30,50)7)71-45-41(73-43-39(63)36(60)34(58)27(19-53)69-43)37(61)35(59)28(70-45)22-68-44-40(33(57)26(55)21-67-44)72-42-38(62)32(56)25(54)20-66-42/h8,24-45,53-63H,9-22H2,1-7H3,(H,64,65)/t24-,25-,26-,27+,28+,29-,30+,31-,32-,33-,34+,35+,36-,37-,38+,39+,40+,41+,42-,43-,44-,45-,49-,50+,51+,52-/m0/s1. The lowest BCUT2D eigenvalue weighted by Gasteiger charge is -2.71. The molecule has 73 heavy (non-hydrogen) atoms. The Morgan fingerprint density at radius 2 is 1.22 bits per heavy atom. The van der Waals surface area contributed by atoms with Crippen LogP contribution in [0.4, 0.5) is 0 Å². The van der Waals surface area contributed by atoms with Gasteiger partial charge in [0.05, 0.1) is 37.9 Å². The predicted octanol–water partition coefficient (Wildman–Crippen LogP) is -0.191. The fourth-order valence-corrected chi connectivity index (χ4v) is 15.9. The van der Waals surface area contributed by atoms with Crippen molar-refractivity contribution in [1.82, 2.24) is 0 Å². The Kier molecular flexibility index (Phi) is 15.6. The molecule has 9 rings (SSSR count). The summed E-state index contributed by atoms with van der Waals surface area (Å²) in [6, 6.07) is 0. The molecule has 5 aliphatic carbocycles. The minimum atomic E-state index is -1.87. The quantitative estimate of drug-likeness (QED) is 0.0942. The predicted molar refractivity (Wildman–Crippen MR) is 251 cm³/mol. The second-order valence-corrected chi connectivity index (χ2v) is 25.4. The van der Waals surface area contributed by atoms with Gasteiger partial charge in [0.2, 0.25) is 0 Å². The van der Waals surface area contributed by atoms with Crippen molar-refractivity contribution in [2.45, 2.75) is 229 Å². The zero-order valence-corrected chi connectivity index (χ0v) is 43.2. The highest BCUT2D eigenvalue weighted by atomic mass is 16.8.